The van der Waals surface area contributed by atoms with Gasteiger partial charge >= 0.3 is 0 Å². The fourth-order valence-corrected chi connectivity index (χ4v) is 5.13. The van der Waals surface area contributed by atoms with Crippen LogP contribution < -0.4 is 15.3 Å². The van der Waals surface area contributed by atoms with E-state index >= 15 is 0 Å². The van der Waals surface area contributed by atoms with E-state index in [-0.39, 0.29) is 6.61 Å². The molecule has 136 valence electrons. The van der Waals surface area contributed by atoms with Gasteiger partial charge in [-0.3, -0.25) is 4.79 Å². The molecular weight excluding hydrogens is 379 g/mol. The third-order valence-electron chi connectivity index (χ3n) is 4.03. The third kappa shape index (κ3) is 4.57. The summed E-state index contributed by atoms with van der Waals surface area (Å²) in [6.07, 6.45) is 2.42. The van der Waals surface area contributed by atoms with Crippen LogP contribution in [0.1, 0.15) is 10.4 Å². The van der Waals surface area contributed by atoms with E-state index in [1.54, 1.807) is 30.1 Å². The average molecular weight is 397 g/mol. The van der Waals surface area contributed by atoms with Gasteiger partial charge in [0.05, 0.1) is 5.56 Å². The van der Waals surface area contributed by atoms with Gasteiger partial charge in [0, 0.05) is 15.6 Å². The van der Waals surface area contributed by atoms with Crippen LogP contribution >= 0.6 is 18.7 Å². The monoisotopic (exact) mass is 396 g/mol. The van der Waals surface area contributed by atoms with E-state index in [9.17, 15) is 9.36 Å². The Kier molecular flexibility index (Phi) is 6.28. The van der Waals surface area contributed by atoms with Crippen LogP contribution in [0.15, 0.2) is 90.8 Å². The number of carbonyl (C=O) groups excluding carboxylic acids is 1. The van der Waals surface area contributed by atoms with Gasteiger partial charge in [-0.25, -0.2) is 0 Å². The van der Waals surface area contributed by atoms with Crippen molar-refractivity contribution in [3.8, 4) is 5.75 Å². The van der Waals surface area contributed by atoms with Crippen molar-refractivity contribution in [2.75, 3.05) is 6.61 Å². The van der Waals surface area contributed by atoms with Crippen molar-refractivity contribution in [1.82, 2.24) is 0 Å². The smallest absolute Gasteiger partial charge is 0.163 e. The molecule has 0 bridgehead atoms. The molecule has 27 heavy (non-hydrogen) atoms. The average Bonchev–Trinajstić information content (AvgIpc) is 2.73. The molecule has 0 aromatic heterocycles. The molecule has 0 aliphatic carbocycles. The van der Waals surface area contributed by atoms with Crippen molar-refractivity contribution in [3.63, 3.8) is 0 Å². The minimum absolute atomic E-state index is 0.187. The highest BCUT2D eigenvalue weighted by Crippen LogP contribution is 2.44. The molecule has 0 atom stereocenters. The number of halogens is 1. The Morgan fingerprint density at radius 2 is 1.48 bits per heavy atom. The fraction of sp³-hybridized carbons (Fsp3) is 0.0455. The second kappa shape index (κ2) is 8.85. The van der Waals surface area contributed by atoms with Gasteiger partial charge in [0.1, 0.15) is 12.4 Å². The first-order valence-corrected chi connectivity index (χ1v) is 10.5. The Morgan fingerprint density at radius 1 is 0.889 bits per heavy atom. The van der Waals surface area contributed by atoms with Crippen LogP contribution in [0.25, 0.3) is 0 Å². The predicted molar refractivity (Wildman–Crippen MR) is 111 cm³/mol. The van der Waals surface area contributed by atoms with Crippen LogP contribution in [0.2, 0.25) is 5.02 Å². The van der Waals surface area contributed by atoms with Gasteiger partial charge in [-0.1, -0.05) is 72.3 Å². The molecule has 0 unspecified atom stereocenters. The molecule has 0 aliphatic heterocycles. The van der Waals surface area contributed by atoms with Crippen molar-refractivity contribution in [1.29, 1.82) is 0 Å². The molecule has 0 saturated carbocycles. The molecule has 3 rings (SSSR count). The second-order valence-electron chi connectivity index (χ2n) is 5.82. The molecule has 5 heteroatoms. The Balaban J connectivity index is 1.83. The normalized spacial score (nSPS) is 11.4. The van der Waals surface area contributed by atoms with Crippen LogP contribution in [-0.4, -0.2) is 12.9 Å². The number of aldehydes is 1. The van der Waals surface area contributed by atoms with Gasteiger partial charge in [0.25, 0.3) is 0 Å². The summed E-state index contributed by atoms with van der Waals surface area (Å²) in [5.41, 5.74) is 0.380. The molecule has 3 nitrogen and oxygen atoms in total. The third-order valence-corrected chi connectivity index (χ3v) is 7.03. The fourth-order valence-electron chi connectivity index (χ4n) is 2.69. The molecule has 3 aromatic rings. The first-order chi connectivity index (χ1) is 13.1. The SMILES string of the molecule is O=Cc1cc(Cl)ccc1OC/C=C/P(=O)(c1ccccc1)c1ccccc1. The Labute approximate surface area is 163 Å². The van der Waals surface area contributed by atoms with Gasteiger partial charge in [0.2, 0.25) is 0 Å². The maximum Gasteiger partial charge on any atom is 0.163 e. The lowest BCUT2D eigenvalue weighted by atomic mass is 10.2. The van der Waals surface area contributed by atoms with E-state index in [1.807, 2.05) is 60.7 Å². The summed E-state index contributed by atoms with van der Waals surface area (Å²) in [5.74, 6) is 2.14. The van der Waals surface area contributed by atoms with Crippen LogP contribution in [-0.2, 0) is 4.57 Å². The standard InChI is InChI=1S/C22H18ClO3P/c23-19-12-13-22(18(16-19)17-24)26-14-7-15-27(25,20-8-3-1-4-9-20)21-10-5-2-6-11-21/h1-13,15-17H,14H2/b15-7+. The molecule has 0 saturated heterocycles. The van der Waals surface area contributed by atoms with Crippen molar-refractivity contribution < 1.29 is 14.1 Å². The van der Waals surface area contributed by atoms with Crippen LogP contribution in [0.3, 0.4) is 0 Å². The number of hydrogen-bond donors (Lipinski definition) is 0. The van der Waals surface area contributed by atoms with Gasteiger partial charge in [0.15, 0.2) is 13.4 Å². The van der Waals surface area contributed by atoms with E-state index in [4.69, 9.17) is 16.3 Å². The highest BCUT2D eigenvalue weighted by atomic mass is 35.5. The molecule has 0 N–H and O–H groups in total. The van der Waals surface area contributed by atoms with Crippen molar-refractivity contribution >= 4 is 35.6 Å². The molecule has 3 aromatic carbocycles. The van der Waals surface area contributed by atoms with Gasteiger partial charge < -0.3 is 9.30 Å². The predicted octanol–water partition coefficient (Wildman–Crippen LogP) is 5.06. The molecule has 0 radical (unpaired) electrons. The molecular formula is C22H18ClO3P. The molecule has 0 fully saturated rings. The molecule has 0 amide bonds. The zero-order chi connectivity index (χ0) is 19.1. The van der Waals surface area contributed by atoms with Gasteiger partial charge in [-0.15, -0.1) is 0 Å². The Bertz CT molecular complexity index is 941. The van der Waals surface area contributed by atoms with Gasteiger partial charge in [-0.2, -0.15) is 0 Å². The van der Waals surface area contributed by atoms with Crippen molar-refractivity contribution in [2.45, 2.75) is 0 Å². The van der Waals surface area contributed by atoms with Crippen LogP contribution in [0.4, 0.5) is 0 Å². The van der Waals surface area contributed by atoms with E-state index in [0.29, 0.717) is 22.6 Å². The quantitative estimate of drug-likeness (QED) is 0.414. The van der Waals surface area contributed by atoms with Crippen LogP contribution in [0, 0.1) is 0 Å². The minimum Gasteiger partial charge on any atom is -0.489 e. The Hall–Kier alpha value is -2.61. The molecule has 0 heterocycles. The summed E-state index contributed by atoms with van der Waals surface area (Å²) in [5, 5.41) is 1.98. The molecule has 0 spiro atoms. The maximum atomic E-state index is 13.8. The van der Waals surface area contributed by atoms with Crippen molar-refractivity contribution in [3.05, 3.63) is 101 Å². The second-order valence-corrected chi connectivity index (χ2v) is 8.91. The first-order valence-electron chi connectivity index (χ1n) is 8.40. The largest absolute Gasteiger partial charge is 0.489 e. The lowest BCUT2D eigenvalue weighted by Gasteiger charge is -2.15. The zero-order valence-corrected chi connectivity index (χ0v) is 16.1. The summed E-state index contributed by atoms with van der Waals surface area (Å²) in [7, 11) is -2.92. The number of benzene rings is 3. The van der Waals surface area contributed by atoms with E-state index in [1.165, 1.54) is 0 Å². The van der Waals surface area contributed by atoms with E-state index in [2.05, 4.69) is 0 Å². The van der Waals surface area contributed by atoms with Crippen molar-refractivity contribution in [2.24, 2.45) is 0 Å². The van der Waals surface area contributed by atoms with Crippen LogP contribution in [0.5, 0.6) is 5.75 Å². The van der Waals surface area contributed by atoms with E-state index < -0.39 is 7.14 Å². The Morgan fingerprint density at radius 3 is 2.04 bits per heavy atom. The number of ether oxygens (including phenoxy) is 1. The minimum atomic E-state index is -2.92. The number of carbonyl (C=O) groups is 1. The van der Waals surface area contributed by atoms with Gasteiger partial charge in [-0.05, 0) is 30.1 Å². The summed E-state index contributed by atoms with van der Waals surface area (Å²) >= 11 is 5.89. The lowest BCUT2D eigenvalue weighted by molar-refractivity contribution is 0.112. The topological polar surface area (TPSA) is 43.4 Å². The lowest BCUT2D eigenvalue weighted by Crippen LogP contribution is -2.14. The zero-order valence-electron chi connectivity index (χ0n) is 14.5. The maximum absolute atomic E-state index is 13.8. The highest BCUT2D eigenvalue weighted by molar-refractivity contribution is 7.81. The first kappa shape index (κ1) is 19.2. The number of rotatable bonds is 7. The summed E-state index contributed by atoms with van der Waals surface area (Å²) < 4.78 is 19.4. The summed E-state index contributed by atoms with van der Waals surface area (Å²) in [6.45, 7) is 0.187. The highest BCUT2D eigenvalue weighted by Gasteiger charge is 2.23. The van der Waals surface area contributed by atoms with E-state index in [0.717, 1.165) is 10.6 Å². The number of hydrogen-bond acceptors (Lipinski definition) is 3. The summed E-state index contributed by atoms with van der Waals surface area (Å²) in [6, 6.07) is 23.6. The summed E-state index contributed by atoms with van der Waals surface area (Å²) in [4.78, 5) is 11.1. The molecule has 0 aliphatic rings.